The molecule has 0 aliphatic rings. The molecular weight excluding hydrogens is 233 g/mol. The van der Waals surface area contributed by atoms with Crippen LogP contribution < -0.4 is 0 Å². The van der Waals surface area contributed by atoms with E-state index in [0.29, 0.717) is 18.7 Å². The van der Waals surface area contributed by atoms with Gasteiger partial charge in [-0.15, -0.1) is 0 Å². The van der Waals surface area contributed by atoms with Crippen LogP contribution in [0.2, 0.25) is 0 Å². The van der Waals surface area contributed by atoms with Crippen molar-refractivity contribution in [3.05, 3.63) is 35.1 Å². The molecule has 1 amide bonds. The minimum absolute atomic E-state index is 0.236. The molecule has 0 saturated heterocycles. The van der Waals surface area contributed by atoms with Gasteiger partial charge >= 0.3 is 0 Å². The highest BCUT2D eigenvalue weighted by molar-refractivity contribution is 5.96. The molecule has 0 aliphatic heterocycles. The van der Waals surface area contributed by atoms with Crippen LogP contribution in [0.5, 0.6) is 0 Å². The Morgan fingerprint density at radius 1 is 1.39 bits per heavy atom. The lowest BCUT2D eigenvalue weighted by molar-refractivity contribution is 0.0772. The van der Waals surface area contributed by atoms with Crippen molar-refractivity contribution in [2.75, 3.05) is 19.7 Å². The van der Waals surface area contributed by atoms with Crippen molar-refractivity contribution in [1.82, 2.24) is 4.90 Å². The van der Waals surface area contributed by atoms with E-state index >= 15 is 0 Å². The first kappa shape index (κ1) is 14.2. The highest BCUT2D eigenvalue weighted by Gasteiger charge is 2.16. The summed E-state index contributed by atoms with van der Waals surface area (Å²) in [6.07, 6.45) is 0. The number of hydrogen-bond donors (Lipinski definition) is 1. The smallest absolute Gasteiger partial charge is 0.255 e. The first-order valence-corrected chi connectivity index (χ1v) is 5.82. The van der Waals surface area contributed by atoms with Crippen LogP contribution in [0.3, 0.4) is 0 Å². The average molecular weight is 249 g/mol. The molecule has 1 rings (SSSR count). The normalized spacial score (nSPS) is 9.56. The Morgan fingerprint density at radius 2 is 2.06 bits per heavy atom. The van der Waals surface area contributed by atoms with Gasteiger partial charge in [0.1, 0.15) is 12.4 Å². The number of aliphatic hydroxyl groups is 1. The zero-order valence-corrected chi connectivity index (χ0v) is 10.5. The van der Waals surface area contributed by atoms with Crippen LogP contribution in [0.15, 0.2) is 18.2 Å². The molecule has 4 heteroatoms. The summed E-state index contributed by atoms with van der Waals surface area (Å²) in [5, 5.41) is 8.67. The molecule has 96 valence electrons. The largest absolute Gasteiger partial charge is 0.384 e. The van der Waals surface area contributed by atoms with E-state index in [9.17, 15) is 9.18 Å². The van der Waals surface area contributed by atoms with E-state index in [1.54, 1.807) is 4.90 Å². The van der Waals surface area contributed by atoms with Crippen LogP contribution in [-0.4, -0.2) is 35.6 Å². The number of carbonyl (C=O) groups excluding carboxylic acids is 1. The van der Waals surface area contributed by atoms with Gasteiger partial charge < -0.3 is 10.0 Å². The second-order valence-electron chi connectivity index (χ2n) is 3.63. The first-order chi connectivity index (χ1) is 8.63. The van der Waals surface area contributed by atoms with Gasteiger partial charge in [0, 0.05) is 18.7 Å². The quantitative estimate of drug-likeness (QED) is 0.827. The maximum atomic E-state index is 13.2. The zero-order chi connectivity index (χ0) is 13.5. The molecule has 1 N–H and O–H groups in total. The molecule has 1 aromatic rings. The lowest BCUT2D eigenvalue weighted by atomic mass is 10.1. The fourth-order valence-electron chi connectivity index (χ4n) is 1.62. The summed E-state index contributed by atoms with van der Waals surface area (Å²) in [5.74, 6) is 4.41. The lowest BCUT2D eigenvalue weighted by Crippen LogP contribution is -2.31. The number of benzene rings is 1. The molecule has 0 aromatic heterocycles. The topological polar surface area (TPSA) is 40.5 Å². The summed E-state index contributed by atoms with van der Waals surface area (Å²) in [7, 11) is 0. The van der Waals surface area contributed by atoms with Gasteiger partial charge in [-0.05, 0) is 32.0 Å². The predicted octanol–water partition coefficient (Wildman–Crippen LogP) is 1.65. The van der Waals surface area contributed by atoms with Crippen LogP contribution in [-0.2, 0) is 0 Å². The van der Waals surface area contributed by atoms with Gasteiger partial charge in [0.25, 0.3) is 5.91 Å². The average Bonchev–Trinajstić information content (AvgIpc) is 2.38. The zero-order valence-electron chi connectivity index (χ0n) is 10.5. The Hall–Kier alpha value is -1.86. The SMILES string of the molecule is CCN(CC)C(=O)c1cc(F)ccc1C#CCO. The van der Waals surface area contributed by atoms with Gasteiger partial charge in [-0.1, -0.05) is 11.8 Å². The lowest BCUT2D eigenvalue weighted by Gasteiger charge is -2.19. The van der Waals surface area contributed by atoms with E-state index in [-0.39, 0.29) is 18.1 Å². The number of halogens is 1. The molecule has 0 fully saturated rings. The van der Waals surface area contributed by atoms with E-state index in [4.69, 9.17) is 5.11 Å². The summed E-state index contributed by atoms with van der Waals surface area (Å²) < 4.78 is 13.2. The third-order valence-electron chi connectivity index (χ3n) is 2.56. The van der Waals surface area contributed by atoms with Gasteiger partial charge in [-0.3, -0.25) is 4.79 Å². The molecular formula is C14H16FNO2. The van der Waals surface area contributed by atoms with Gasteiger partial charge in [0.2, 0.25) is 0 Å². The fourth-order valence-corrected chi connectivity index (χ4v) is 1.62. The molecule has 0 heterocycles. The summed E-state index contributed by atoms with van der Waals surface area (Å²) in [6.45, 7) is 4.53. The summed E-state index contributed by atoms with van der Waals surface area (Å²) in [5.41, 5.74) is 0.669. The van der Waals surface area contributed by atoms with Crippen LogP contribution in [0, 0.1) is 17.7 Å². The number of nitrogens with zero attached hydrogens (tertiary/aromatic N) is 1. The third kappa shape index (κ3) is 3.31. The summed E-state index contributed by atoms with van der Waals surface area (Å²) in [6, 6.07) is 3.89. The minimum atomic E-state index is -0.472. The van der Waals surface area contributed by atoms with Crippen molar-refractivity contribution in [1.29, 1.82) is 0 Å². The highest BCUT2D eigenvalue weighted by Crippen LogP contribution is 2.13. The van der Waals surface area contributed by atoms with Gasteiger partial charge in [-0.25, -0.2) is 4.39 Å². The van der Waals surface area contributed by atoms with Gasteiger partial charge in [0.15, 0.2) is 0 Å². The Bertz CT molecular complexity index is 484. The van der Waals surface area contributed by atoms with E-state index in [1.165, 1.54) is 18.2 Å². The molecule has 3 nitrogen and oxygen atoms in total. The highest BCUT2D eigenvalue weighted by atomic mass is 19.1. The van der Waals surface area contributed by atoms with Gasteiger partial charge in [-0.2, -0.15) is 0 Å². The number of carbonyl (C=O) groups is 1. The van der Waals surface area contributed by atoms with E-state index < -0.39 is 5.82 Å². The Balaban J connectivity index is 3.20. The monoisotopic (exact) mass is 249 g/mol. The Labute approximate surface area is 106 Å². The van der Waals surface area contributed by atoms with Gasteiger partial charge in [0.05, 0.1) is 5.56 Å². The maximum Gasteiger partial charge on any atom is 0.255 e. The standard InChI is InChI=1S/C14H16FNO2/c1-3-16(4-2)14(18)13-10-12(15)8-7-11(13)6-5-9-17/h7-8,10,17H,3-4,9H2,1-2H3. The molecule has 0 atom stereocenters. The van der Waals surface area contributed by atoms with Crippen LogP contribution in [0.1, 0.15) is 29.8 Å². The molecule has 0 bridgehead atoms. The second-order valence-corrected chi connectivity index (χ2v) is 3.63. The number of rotatable bonds is 3. The van der Waals surface area contributed by atoms with Crippen LogP contribution >= 0.6 is 0 Å². The van der Waals surface area contributed by atoms with Crippen LogP contribution in [0.4, 0.5) is 4.39 Å². The number of aliphatic hydroxyl groups excluding tert-OH is 1. The molecule has 18 heavy (non-hydrogen) atoms. The molecule has 0 aliphatic carbocycles. The molecule has 0 unspecified atom stereocenters. The predicted molar refractivity (Wildman–Crippen MR) is 67.6 cm³/mol. The summed E-state index contributed by atoms with van der Waals surface area (Å²) in [4.78, 5) is 13.8. The van der Waals surface area contributed by atoms with E-state index in [0.717, 1.165) is 0 Å². The van der Waals surface area contributed by atoms with Crippen molar-refractivity contribution in [3.8, 4) is 11.8 Å². The van der Waals surface area contributed by atoms with Crippen molar-refractivity contribution >= 4 is 5.91 Å². The Kier molecular flexibility index (Phi) is 5.34. The summed E-state index contributed by atoms with van der Waals surface area (Å²) >= 11 is 0. The number of amides is 1. The van der Waals surface area contributed by atoms with Crippen molar-refractivity contribution < 1.29 is 14.3 Å². The van der Waals surface area contributed by atoms with Crippen molar-refractivity contribution in [2.45, 2.75) is 13.8 Å². The fraction of sp³-hybridized carbons (Fsp3) is 0.357. The van der Waals surface area contributed by atoms with E-state index in [2.05, 4.69) is 11.8 Å². The molecule has 0 saturated carbocycles. The first-order valence-electron chi connectivity index (χ1n) is 5.82. The van der Waals surface area contributed by atoms with E-state index in [1.807, 2.05) is 13.8 Å². The Morgan fingerprint density at radius 3 is 2.61 bits per heavy atom. The third-order valence-corrected chi connectivity index (χ3v) is 2.56. The molecule has 0 radical (unpaired) electrons. The van der Waals surface area contributed by atoms with Crippen molar-refractivity contribution in [3.63, 3.8) is 0 Å². The second kappa shape index (κ2) is 6.77. The van der Waals surface area contributed by atoms with Crippen LogP contribution in [0.25, 0.3) is 0 Å². The minimum Gasteiger partial charge on any atom is -0.384 e. The molecule has 1 aromatic carbocycles. The number of hydrogen-bond acceptors (Lipinski definition) is 2. The maximum absolute atomic E-state index is 13.2. The molecule has 0 spiro atoms. The van der Waals surface area contributed by atoms with Crippen molar-refractivity contribution in [2.24, 2.45) is 0 Å².